The van der Waals surface area contributed by atoms with E-state index in [-0.39, 0.29) is 0 Å². The highest BCUT2D eigenvalue weighted by molar-refractivity contribution is 5.00. The molecule has 2 aromatic rings. The molecule has 1 aliphatic heterocycles. The quantitative estimate of drug-likeness (QED) is 0.831. The average Bonchev–Trinajstić information content (AvgIpc) is 2.88. The fourth-order valence-electron chi connectivity index (χ4n) is 2.93. The highest BCUT2D eigenvalue weighted by Gasteiger charge is 2.31. The van der Waals surface area contributed by atoms with Crippen molar-refractivity contribution >= 4 is 0 Å². The fourth-order valence-corrected chi connectivity index (χ4v) is 2.93. The summed E-state index contributed by atoms with van der Waals surface area (Å²) in [4.78, 5) is 2.44. The van der Waals surface area contributed by atoms with Crippen LogP contribution >= 0.6 is 0 Å². The summed E-state index contributed by atoms with van der Waals surface area (Å²) in [5.74, 6) is 2.14. The lowest BCUT2D eigenvalue weighted by Crippen LogP contribution is -2.32. The van der Waals surface area contributed by atoms with E-state index >= 15 is 0 Å². The van der Waals surface area contributed by atoms with Crippen LogP contribution < -0.4 is 0 Å². The van der Waals surface area contributed by atoms with Crippen LogP contribution in [0.25, 0.3) is 0 Å². The highest BCUT2D eigenvalue weighted by Crippen LogP contribution is 2.39. The van der Waals surface area contributed by atoms with E-state index in [9.17, 15) is 0 Å². The molecule has 0 radical (unpaired) electrons. The Morgan fingerprint density at radius 1 is 1.25 bits per heavy atom. The van der Waals surface area contributed by atoms with Gasteiger partial charge >= 0.3 is 0 Å². The normalized spacial score (nSPS) is 23.5. The average molecular weight is 273 g/mol. The van der Waals surface area contributed by atoms with Crippen molar-refractivity contribution < 1.29 is 4.42 Å². The largest absolute Gasteiger partial charge is 0.424 e. The summed E-state index contributed by atoms with van der Waals surface area (Å²) in [6, 6.07) is 2.49. The minimum Gasteiger partial charge on any atom is -0.424 e. The molecule has 0 bridgehead atoms. The molecular weight excluding hydrogens is 254 g/mol. The molecule has 0 N–H and O–H groups in total. The van der Waals surface area contributed by atoms with Crippen molar-refractivity contribution in [3.63, 3.8) is 0 Å². The Bertz CT molecular complexity index is 560. The summed E-state index contributed by atoms with van der Waals surface area (Å²) in [6.45, 7) is 2.81. The van der Waals surface area contributed by atoms with Crippen molar-refractivity contribution in [1.29, 1.82) is 0 Å². The van der Waals surface area contributed by atoms with Crippen LogP contribution in [0.4, 0.5) is 0 Å². The second-order valence-electron chi connectivity index (χ2n) is 5.80. The summed E-state index contributed by atoms with van der Waals surface area (Å²) in [7, 11) is 0. The highest BCUT2D eigenvalue weighted by atomic mass is 16.4. The van der Waals surface area contributed by atoms with Crippen LogP contribution in [-0.4, -0.2) is 37.5 Å². The SMILES string of the molecule is c1cnn(CC2CCCN2Cc2nnc(C3CC3)o2)c1. The van der Waals surface area contributed by atoms with Crippen molar-refractivity contribution in [3.8, 4) is 0 Å². The molecule has 0 spiro atoms. The first kappa shape index (κ1) is 12.1. The maximum absolute atomic E-state index is 5.77. The Kier molecular flexibility index (Phi) is 3.03. The molecule has 2 aromatic heterocycles. The standard InChI is InChI=1S/C14H19N5O/c1-3-12(9-19-8-2-6-15-19)18(7-1)10-13-16-17-14(20-13)11-4-5-11/h2,6,8,11-12H,1,3-5,7,9-10H2. The predicted molar refractivity (Wildman–Crippen MR) is 71.9 cm³/mol. The first-order valence-corrected chi connectivity index (χ1v) is 7.42. The fraction of sp³-hybridized carbons (Fsp3) is 0.643. The topological polar surface area (TPSA) is 60.0 Å². The molecule has 2 fully saturated rings. The van der Waals surface area contributed by atoms with E-state index in [2.05, 4.69) is 20.2 Å². The van der Waals surface area contributed by atoms with Crippen LogP contribution in [0.1, 0.15) is 43.4 Å². The van der Waals surface area contributed by atoms with Gasteiger partial charge in [-0.2, -0.15) is 5.10 Å². The van der Waals surface area contributed by atoms with Crippen LogP contribution in [0.3, 0.4) is 0 Å². The number of nitrogens with zero attached hydrogens (tertiary/aromatic N) is 5. The van der Waals surface area contributed by atoms with Crippen LogP contribution in [-0.2, 0) is 13.1 Å². The van der Waals surface area contributed by atoms with Gasteiger partial charge in [-0.3, -0.25) is 9.58 Å². The predicted octanol–water partition coefficient (Wildman–Crippen LogP) is 1.81. The molecule has 1 atom stereocenters. The van der Waals surface area contributed by atoms with Gasteiger partial charge in [-0.25, -0.2) is 0 Å². The number of aromatic nitrogens is 4. The molecular formula is C14H19N5O. The lowest BCUT2D eigenvalue weighted by molar-refractivity contribution is 0.198. The van der Waals surface area contributed by atoms with E-state index in [0.717, 1.165) is 31.4 Å². The van der Waals surface area contributed by atoms with Gasteiger partial charge in [0.05, 0.1) is 13.1 Å². The first-order chi connectivity index (χ1) is 9.88. The minimum absolute atomic E-state index is 0.520. The van der Waals surface area contributed by atoms with Gasteiger partial charge in [0, 0.05) is 24.4 Å². The Morgan fingerprint density at radius 2 is 2.20 bits per heavy atom. The van der Waals surface area contributed by atoms with Crippen LogP contribution in [0, 0.1) is 0 Å². The summed E-state index contributed by atoms with van der Waals surface area (Å²) in [6.07, 6.45) is 8.70. The van der Waals surface area contributed by atoms with Crippen molar-refractivity contribution in [2.75, 3.05) is 6.54 Å². The monoisotopic (exact) mass is 273 g/mol. The number of rotatable bonds is 5. The van der Waals surface area contributed by atoms with E-state index in [4.69, 9.17) is 4.42 Å². The third-order valence-electron chi connectivity index (χ3n) is 4.20. The van der Waals surface area contributed by atoms with Gasteiger partial charge in [0.2, 0.25) is 11.8 Å². The second-order valence-corrected chi connectivity index (χ2v) is 5.80. The molecule has 2 aliphatic rings. The molecule has 6 nitrogen and oxygen atoms in total. The molecule has 6 heteroatoms. The van der Waals surface area contributed by atoms with Crippen LogP contribution in [0.15, 0.2) is 22.9 Å². The molecule has 1 unspecified atom stereocenters. The van der Waals surface area contributed by atoms with Crippen molar-refractivity contribution in [1.82, 2.24) is 24.9 Å². The minimum atomic E-state index is 0.520. The zero-order valence-corrected chi connectivity index (χ0v) is 11.5. The summed E-state index contributed by atoms with van der Waals surface area (Å²) >= 11 is 0. The summed E-state index contributed by atoms with van der Waals surface area (Å²) in [5, 5.41) is 12.6. The smallest absolute Gasteiger partial charge is 0.230 e. The van der Waals surface area contributed by atoms with E-state index in [0.29, 0.717) is 12.0 Å². The Hall–Kier alpha value is -1.69. The van der Waals surface area contributed by atoms with Gasteiger partial charge in [-0.05, 0) is 38.3 Å². The third kappa shape index (κ3) is 2.47. The number of hydrogen-bond donors (Lipinski definition) is 0. The Morgan fingerprint density at radius 3 is 3.00 bits per heavy atom. The van der Waals surface area contributed by atoms with E-state index < -0.39 is 0 Å². The molecule has 1 saturated heterocycles. The van der Waals surface area contributed by atoms with E-state index in [1.165, 1.54) is 25.7 Å². The molecule has 106 valence electrons. The molecule has 4 rings (SSSR count). The summed E-state index contributed by atoms with van der Waals surface area (Å²) in [5.41, 5.74) is 0. The zero-order valence-electron chi connectivity index (χ0n) is 11.5. The van der Waals surface area contributed by atoms with Crippen LogP contribution in [0.2, 0.25) is 0 Å². The molecule has 1 aliphatic carbocycles. The zero-order chi connectivity index (χ0) is 13.4. The third-order valence-corrected chi connectivity index (χ3v) is 4.20. The molecule has 1 saturated carbocycles. The van der Waals surface area contributed by atoms with E-state index in [1.807, 2.05) is 23.1 Å². The van der Waals surface area contributed by atoms with Gasteiger partial charge in [-0.15, -0.1) is 10.2 Å². The van der Waals surface area contributed by atoms with Gasteiger partial charge in [0.25, 0.3) is 0 Å². The van der Waals surface area contributed by atoms with Gasteiger partial charge in [0.15, 0.2) is 0 Å². The maximum atomic E-state index is 5.77. The number of likely N-dealkylation sites (tertiary alicyclic amines) is 1. The van der Waals surface area contributed by atoms with Crippen LogP contribution in [0.5, 0.6) is 0 Å². The molecule has 0 amide bonds. The van der Waals surface area contributed by atoms with E-state index in [1.54, 1.807) is 0 Å². The number of hydrogen-bond acceptors (Lipinski definition) is 5. The van der Waals surface area contributed by atoms with Gasteiger partial charge in [-0.1, -0.05) is 0 Å². The van der Waals surface area contributed by atoms with Crippen molar-refractivity contribution in [3.05, 3.63) is 30.2 Å². The Labute approximate surface area is 117 Å². The maximum Gasteiger partial charge on any atom is 0.230 e. The Balaban J connectivity index is 1.40. The second kappa shape index (κ2) is 5.01. The molecule has 0 aromatic carbocycles. The van der Waals surface area contributed by atoms with Crippen molar-refractivity contribution in [2.24, 2.45) is 0 Å². The van der Waals surface area contributed by atoms with Gasteiger partial charge < -0.3 is 4.42 Å². The molecule has 20 heavy (non-hydrogen) atoms. The van der Waals surface area contributed by atoms with Crippen molar-refractivity contribution in [2.45, 2.75) is 50.7 Å². The summed E-state index contributed by atoms with van der Waals surface area (Å²) < 4.78 is 7.77. The first-order valence-electron chi connectivity index (χ1n) is 7.42. The molecule has 3 heterocycles. The lowest BCUT2D eigenvalue weighted by Gasteiger charge is -2.22. The van der Waals surface area contributed by atoms with Gasteiger partial charge in [0.1, 0.15) is 0 Å². The lowest BCUT2D eigenvalue weighted by atomic mass is 10.2.